The van der Waals surface area contributed by atoms with Gasteiger partial charge in [-0.25, -0.2) is 14.2 Å². The van der Waals surface area contributed by atoms with Crippen molar-refractivity contribution in [1.29, 1.82) is 0 Å². The van der Waals surface area contributed by atoms with Crippen LogP contribution in [0.3, 0.4) is 0 Å². The van der Waals surface area contributed by atoms with Crippen LogP contribution >= 0.6 is 0 Å². The van der Waals surface area contributed by atoms with Crippen LogP contribution in [-0.4, -0.2) is 19.7 Å². The second-order valence-corrected chi connectivity index (χ2v) is 9.68. The maximum Gasteiger partial charge on any atom is 0.439 e. The number of fused-ring (bicyclic) bond motifs is 3. The van der Waals surface area contributed by atoms with Crippen LogP contribution in [0.25, 0.3) is 22.2 Å². The van der Waals surface area contributed by atoms with Crippen molar-refractivity contribution in [3.63, 3.8) is 0 Å². The molecule has 0 unspecified atom stereocenters. The van der Waals surface area contributed by atoms with Crippen LogP contribution in [0.4, 0.5) is 4.39 Å². The van der Waals surface area contributed by atoms with E-state index in [0.29, 0.717) is 29.6 Å². The lowest BCUT2D eigenvalue weighted by molar-refractivity contribution is 0.305. The molecule has 1 aliphatic heterocycles. The molecule has 1 fully saturated rings. The summed E-state index contributed by atoms with van der Waals surface area (Å²) in [5, 5.41) is 3.89. The van der Waals surface area contributed by atoms with Gasteiger partial charge in [0, 0.05) is 29.7 Å². The average molecular weight is 495 g/mol. The number of rotatable bonds is 4. The van der Waals surface area contributed by atoms with E-state index in [2.05, 4.69) is 45.0 Å². The number of aromatic amines is 1. The van der Waals surface area contributed by atoms with Gasteiger partial charge in [-0.3, -0.25) is 9.51 Å². The number of hydrogen-bond acceptors (Lipinski definition) is 5. The van der Waals surface area contributed by atoms with E-state index in [1.165, 1.54) is 25.0 Å². The van der Waals surface area contributed by atoms with Crippen molar-refractivity contribution in [2.45, 2.75) is 38.8 Å². The number of ether oxygens (including phenoxy) is 1. The van der Waals surface area contributed by atoms with Gasteiger partial charge in [0.05, 0.1) is 11.0 Å². The zero-order valence-electron chi connectivity index (χ0n) is 20.1. The Kier molecular flexibility index (Phi) is 4.89. The molecule has 3 heterocycles. The van der Waals surface area contributed by atoms with E-state index in [9.17, 15) is 9.18 Å². The zero-order chi connectivity index (χ0) is 25.1. The van der Waals surface area contributed by atoms with Crippen molar-refractivity contribution in [1.82, 2.24) is 19.7 Å². The number of halogens is 1. The number of imidazole rings is 1. The fourth-order valence-electron chi connectivity index (χ4n) is 5.24. The third-order valence-corrected chi connectivity index (χ3v) is 7.17. The number of aromatic nitrogens is 4. The number of H-pyrrole nitrogens is 1. The van der Waals surface area contributed by atoms with Crippen LogP contribution in [0.15, 0.2) is 70.0 Å². The lowest BCUT2D eigenvalue weighted by Gasteiger charge is -2.15. The molecule has 7 rings (SSSR count). The van der Waals surface area contributed by atoms with Crippen molar-refractivity contribution in [3.05, 3.63) is 111 Å². The Morgan fingerprint density at radius 3 is 2.76 bits per heavy atom. The highest BCUT2D eigenvalue weighted by molar-refractivity contribution is 5.99. The summed E-state index contributed by atoms with van der Waals surface area (Å²) in [6.07, 6.45) is 2.35. The summed E-state index contributed by atoms with van der Waals surface area (Å²) in [4.78, 5) is 19.2. The molecule has 2 aliphatic rings. The smallest absolute Gasteiger partial charge is 0.439 e. The highest BCUT2D eigenvalue weighted by atomic mass is 19.1. The Bertz CT molecular complexity index is 1770. The van der Waals surface area contributed by atoms with Gasteiger partial charge < -0.3 is 9.30 Å². The molecule has 184 valence electrons. The first-order valence-corrected chi connectivity index (χ1v) is 12.3. The third kappa shape index (κ3) is 3.76. The minimum absolute atomic E-state index is 0.284. The molecule has 8 heteroatoms. The predicted molar refractivity (Wildman–Crippen MR) is 137 cm³/mol. The van der Waals surface area contributed by atoms with E-state index < -0.39 is 5.76 Å². The van der Waals surface area contributed by atoms with Crippen LogP contribution in [0.2, 0.25) is 0 Å². The molecule has 1 aliphatic carbocycles. The number of nitrogens with one attached hydrogen (secondary N) is 1. The van der Waals surface area contributed by atoms with Crippen LogP contribution in [0, 0.1) is 5.82 Å². The van der Waals surface area contributed by atoms with Gasteiger partial charge in [-0.15, -0.1) is 0 Å². The zero-order valence-corrected chi connectivity index (χ0v) is 20.1. The summed E-state index contributed by atoms with van der Waals surface area (Å²) in [6, 6.07) is 19.1. The lowest BCUT2D eigenvalue weighted by Crippen LogP contribution is -2.06. The van der Waals surface area contributed by atoms with Crippen LogP contribution in [-0.2, 0) is 13.2 Å². The van der Waals surface area contributed by atoms with Crippen molar-refractivity contribution in [3.8, 4) is 5.75 Å². The first-order valence-electron chi connectivity index (χ1n) is 12.3. The highest BCUT2D eigenvalue weighted by Gasteiger charge is 2.30. The summed E-state index contributed by atoms with van der Waals surface area (Å²) >= 11 is 0. The Hall–Kier alpha value is -4.46. The summed E-state index contributed by atoms with van der Waals surface area (Å²) in [7, 11) is 0. The number of benzene rings is 3. The van der Waals surface area contributed by atoms with Gasteiger partial charge in [-0.1, -0.05) is 29.4 Å². The molecule has 1 N–H and O–H groups in total. The van der Waals surface area contributed by atoms with E-state index in [1.54, 1.807) is 6.07 Å². The summed E-state index contributed by atoms with van der Waals surface area (Å²) < 4.78 is 27.3. The summed E-state index contributed by atoms with van der Waals surface area (Å²) in [5.41, 5.74) is 7.41. The predicted octanol–water partition coefficient (Wildman–Crippen LogP) is 5.65. The average Bonchev–Trinajstić information content (AvgIpc) is 3.59. The van der Waals surface area contributed by atoms with Crippen LogP contribution < -0.4 is 10.5 Å². The van der Waals surface area contributed by atoms with Crippen molar-refractivity contribution >= 4 is 22.2 Å². The van der Waals surface area contributed by atoms with Gasteiger partial charge in [0.15, 0.2) is 5.82 Å². The van der Waals surface area contributed by atoms with Crippen LogP contribution in [0.1, 0.15) is 59.6 Å². The maximum atomic E-state index is 14.1. The maximum absolute atomic E-state index is 14.1. The van der Waals surface area contributed by atoms with Gasteiger partial charge in [-0.2, -0.15) is 0 Å². The van der Waals surface area contributed by atoms with Gasteiger partial charge in [0.2, 0.25) is 0 Å². The number of nitrogens with zero attached hydrogens (tertiary/aromatic N) is 3. The molecular weight excluding hydrogens is 471 g/mol. The van der Waals surface area contributed by atoms with Crippen molar-refractivity contribution in [2.24, 2.45) is 0 Å². The number of allylic oxidation sites excluding steroid dienone is 1. The Morgan fingerprint density at radius 1 is 1.11 bits per heavy atom. The van der Waals surface area contributed by atoms with Crippen molar-refractivity contribution in [2.75, 3.05) is 0 Å². The molecule has 1 saturated carbocycles. The first-order chi connectivity index (χ1) is 18.0. The van der Waals surface area contributed by atoms with Gasteiger partial charge in [0.25, 0.3) is 0 Å². The van der Waals surface area contributed by atoms with Crippen LogP contribution in [0.5, 0.6) is 5.75 Å². The normalized spacial score (nSPS) is 16.2. The fourth-order valence-corrected chi connectivity index (χ4v) is 5.24. The summed E-state index contributed by atoms with van der Waals surface area (Å²) in [6.45, 7) is 2.83. The van der Waals surface area contributed by atoms with E-state index in [0.717, 1.165) is 44.7 Å². The monoisotopic (exact) mass is 494 g/mol. The lowest BCUT2D eigenvalue weighted by atomic mass is 9.89. The molecule has 0 amide bonds. The topological polar surface area (TPSA) is 85.9 Å². The summed E-state index contributed by atoms with van der Waals surface area (Å²) in [5.74, 6) is 1.41. The second-order valence-electron chi connectivity index (χ2n) is 9.68. The van der Waals surface area contributed by atoms with Gasteiger partial charge >= 0.3 is 5.76 Å². The van der Waals surface area contributed by atoms with E-state index in [4.69, 9.17) is 14.2 Å². The van der Waals surface area contributed by atoms with E-state index >= 15 is 0 Å². The standard InChI is InChI=1S/C29H23FN4O3/c1-16(27-32-29(35)37-33-27)26-21-10-6-17(12-19(21)15-36-25-13-20(30)9-11-22(25)26)14-34-24-5-3-2-4-23(24)31-28(34)18-7-8-18/h2-6,9-13,18H,7-8,14-15H2,1H3,(H,32,33,35). The highest BCUT2D eigenvalue weighted by Crippen LogP contribution is 2.42. The molecule has 0 saturated heterocycles. The number of para-hydroxylation sites is 2. The molecule has 0 bridgehead atoms. The largest absolute Gasteiger partial charge is 0.488 e. The SMILES string of the molecule is CC(=C1c2ccc(Cn3c(C4CC4)nc4ccccc43)cc2COc2cc(F)ccc21)c1noc(=O)[nH]1. The Balaban J connectivity index is 1.36. The molecule has 0 atom stereocenters. The van der Waals surface area contributed by atoms with Gasteiger partial charge in [-0.05, 0) is 72.4 Å². The van der Waals surface area contributed by atoms with E-state index in [-0.39, 0.29) is 12.4 Å². The molecule has 0 radical (unpaired) electrons. The minimum atomic E-state index is -0.631. The van der Waals surface area contributed by atoms with Gasteiger partial charge in [0.1, 0.15) is 24.0 Å². The Labute approximate surface area is 211 Å². The molecule has 5 aromatic rings. The fraction of sp³-hybridized carbons (Fsp3) is 0.207. The minimum Gasteiger partial charge on any atom is -0.488 e. The molecule has 37 heavy (non-hydrogen) atoms. The Morgan fingerprint density at radius 2 is 1.95 bits per heavy atom. The second kappa shape index (κ2) is 8.30. The quantitative estimate of drug-likeness (QED) is 0.349. The molecule has 0 spiro atoms. The first kappa shape index (κ1) is 21.8. The number of hydrogen-bond donors (Lipinski definition) is 1. The third-order valence-electron chi connectivity index (χ3n) is 7.17. The van der Waals surface area contributed by atoms with Crippen molar-refractivity contribution < 1.29 is 13.7 Å². The van der Waals surface area contributed by atoms with E-state index in [1.807, 2.05) is 19.1 Å². The molecule has 2 aromatic heterocycles. The molecule has 7 nitrogen and oxygen atoms in total. The molecule has 3 aromatic carbocycles. The molecular formula is C29H23FN4O3.